The SMILES string of the molecule is COC(=O)C(c1ccccc1)(c1ccc(OC)cc1)c1c[nH]c2ccccc12. The Balaban J connectivity index is 2.10. The third kappa shape index (κ3) is 2.65. The van der Waals surface area contributed by atoms with Gasteiger partial charge in [-0.3, -0.25) is 4.79 Å². The molecule has 0 saturated heterocycles. The van der Waals surface area contributed by atoms with Gasteiger partial charge >= 0.3 is 5.97 Å². The number of rotatable bonds is 5. The number of hydrogen-bond acceptors (Lipinski definition) is 3. The second kappa shape index (κ2) is 7.24. The fraction of sp³-hybridized carbons (Fsp3) is 0.125. The number of para-hydroxylation sites is 1. The molecule has 0 aliphatic heterocycles. The Morgan fingerprint density at radius 2 is 1.46 bits per heavy atom. The van der Waals surface area contributed by atoms with E-state index >= 15 is 0 Å². The molecule has 0 saturated carbocycles. The number of aromatic nitrogens is 1. The number of carbonyl (C=O) groups is 1. The van der Waals surface area contributed by atoms with Gasteiger partial charge in [-0.05, 0) is 29.3 Å². The molecule has 4 nitrogen and oxygen atoms in total. The highest BCUT2D eigenvalue weighted by Crippen LogP contribution is 2.43. The van der Waals surface area contributed by atoms with Crippen molar-refractivity contribution in [3.8, 4) is 5.75 Å². The van der Waals surface area contributed by atoms with E-state index in [0.29, 0.717) is 0 Å². The van der Waals surface area contributed by atoms with E-state index in [-0.39, 0.29) is 5.97 Å². The third-order valence-corrected chi connectivity index (χ3v) is 5.21. The first-order chi connectivity index (χ1) is 13.7. The first kappa shape index (κ1) is 17.9. The number of H-pyrrole nitrogens is 1. The molecule has 3 aromatic carbocycles. The van der Waals surface area contributed by atoms with Crippen LogP contribution < -0.4 is 4.74 Å². The number of carbonyl (C=O) groups excluding carboxylic acids is 1. The Hall–Kier alpha value is -3.53. The molecule has 28 heavy (non-hydrogen) atoms. The quantitative estimate of drug-likeness (QED) is 0.518. The van der Waals surface area contributed by atoms with E-state index < -0.39 is 5.41 Å². The molecule has 0 aliphatic carbocycles. The van der Waals surface area contributed by atoms with Crippen LogP contribution in [0.1, 0.15) is 16.7 Å². The Labute approximate surface area is 163 Å². The van der Waals surface area contributed by atoms with E-state index in [1.165, 1.54) is 7.11 Å². The number of nitrogens with one attached hydrogen (secondary N) is 1. The summed E-state index contributed by atoms with van der Waals surface area (Å²) >= 11 is 0. The molecule has 1 N–H and O–H groups in total. The van der Waals surface area contributed by atoms with Crippen molar-refractivity contribution in [3.05, 3.63) is 102 Å². The average molecular weight is 371 g/mol. The van der Waals surface area contributed by atoms with Crippen molar-refractivity contribution < 1.29 is 14.3 Å². The second-order valence-electron chi connectivity index (χ2n) is 6.58. The molecule has 4 rings (SSSR count). The largest absolute Gasteiger partial charge is 0.497 e. The van der Waals surface area contributed by atoms with Crippen molar-refractivity contribution in [1.82, 2.24) is 4.98 Å². The standard InChI is InChI=1S/C24H21NO3/c1-27-19-14-12-18(13-15-19)24(23(26)28-2,17-8-4-3-5-9-17)21-16-25-22-11-7-6-10-20(21)22/h3-16,25H,1-2H3. The first-order valence-corrected chi connectivity index (χ1v) is 9.07. The van der Waals surface area contributed by atoms with E-state index in [0.717, 1.165) is 33.3 Å². The van der Waals surface area contributed by atoms with Crippen molar-refractivity contribution in [2.45, 2.75) is 5.41 Å². The number of hydrogen-bond donors (Lipinski definition) is 1. The highest BCUT2D eigenvalue weighted by Gasteiger charge is 2.46. The maximum atomic E-state index is 13.5. The number of fused-ring (bicyclic) bond motifs is 1. The van der Waals surface area contributed by atoms with Crippen molar-refractivity contribution in [1.29, 1.82) is 0 Å². The number of ether oxygens (including phenoxy) is 2. The summed E-state index contributed by atoms with van der Waals surface area (Å²) in [6.07, 6.45) is 1.90. The van der Waals surface area contributed by atoms with Gasteiger partial charge in [-0.25, -0.2) is 0 Å². The lowest BCUT2D eigenvalue weighted by atomic mass is 9.69. The zero-order valence-electron chi connectivity index (χ0n) is 15.8. The Morgan fingerprint density at radius 3 is 2.14 bits per heavy atom. The van der Waals surface area contributed by atoms with Crippen molar-refractivity contribution in [3.63, 3.8) is 0 Å². The molecule has 1 heterocycles. The van der Waals surface area contributed by atoms with Crippen LogP contribution in [0.15, 0.2) is 85.1 Å². The minimum Gasteiger partial charge on any atom is -0.497 e. The van der Waals surface area contributed by atoms with Gasteiger partial charge in [0.25, 0.3) is 0 Å². The van der Waals surface area contributed by atoms with Gasteiger partial charge in [-0.15, -0.1) is 0 Å². The first-order valence-electron chi connectivity index (χ1n) is 9.07. The van der Waals surface area contributed by atoms with Crippen LogP contribution in [0.4, 0.5) is 0 Å². The summed E-state index contributed by atoms with van der Waals surface area (Å²) in [6, 6.07) is 25.3. The molecule has 1 atom stereocenters. The van der Waals surface area contributed by atoms with Gasteiger partial charge in [0, 0.05) is 22.7 Å². The minimum absolute atomic E-state index is 0.339. The van der Waals surface area contributed by atoms with Gasteiger partial charge in [0.05, 0.1) is 14.2 Å². The summed E-state index contributed by atoms with van der Waals surface area (Å²) in [4.78, 5) is 16.8. The van der Waals surface area contributed by atoms with Crippen molar-refractivity contribution in [2.24, 2.45) is 0 Å². The van der Waals surface area contributed by atoms with Crippen LogP contribution in [0.2, 0.25) is 0 Å². The molecule has 0 radical (unpaired) electrons. The summed E-state index contributed by atoms with van der Waals surface area (Å²) in [5, 5.41) is 0.979. The lowest BCUT2D eigenvalue weighted by molar-refractivity contribution is -0.144. The molecule has 0 spiro atoms. The summed E-state index contributed by atoms with van der Waals surface area (Å²) < 4.78 is 10.7. The molecule has 0 amide bonds. The molecule has 140 valence electrons. The minimum atomic E-state index is -1.11. The van der Waals surface area contributed by atoms with Gasteiger partial charge in [0.15, 0.2) is 0 Å². The van der Waals surface area contributed by atoms with Crippen molar-refractivity contribution in [2.75, 3.05) is 14.2 Å². The van der Waals surface area contributed by atoms with Crippen LogP contribution in [-0.4, -0.2) is 25.2 Å². The predicted octanol–water partition coefficient (Wildman–Crippen LogP) is 4.68. The molecule has 1 aromatic heterocycles. The van der Waals surface area contributed by atoms with Gasteiger partial charge in [-0.1, -0.05) is 60.7 Å². The fourth-order valence-corrected chi connectivity index (χ4v) is 3.89. The van der Waals surface area contributed by atoms with Crippen LogP contribution in [0.3, 0.4) is 0 Å². The summed E-state index contributed by atoms with van der Waals surface area (Å²) in [6.45, 7) is 0. The molecule has 4 aromatic rings. The zero-order chi connectivity index (χ0) is 19.6. The number of methoxy groups -OCH3 is 2. The smallest absolute Gasteiger partial charge is 0.325 e. The predicted molar refractivity (Wildman–Crippen MR) is 110 cm³/mol. The molecular weight excluding hydrogens is 350 g/mol. The van der Waals surface area contributed by atoms with Crippen LogP contribution in [0.5, 0.6) is 5.75 Å². The fourth-order valence-electron chi connectivity index (χ4n) is 3.89. The van der Waals surface area contributed by atoms with Gasteiger partial charge in [-0.2, -0.15) is 0 Å². The van der Waals surface area contributed by atoms with E-state index in [2.05, 4.69) is 4.98 Å². The topological polar surface area (TPSA) is 51.3 Å². The summed E-state index contributed by atoms with van der Waals surface area (Å²) in [5.41, 5.74) is 2.37. The monoisotopic (exact) mass is 371 g/mol. The summed E-state index contributed by atoms with van der Waals surface area (Å²) in [7, 11) is 3.05. The zero-order valence-corrected chi connectivity index (χ0v) is 15.8. The summed E-state index contributed by atoms with van der Waals surface area (Å²) in [5.74, 6) is 0.392. The van der Waals surface area contributed by atoms with Crippen LogP contribution in [0.25, 0.3) is 10.9 Å². The highest BCUT2D eigenvalue weighted by atomic mass is 16.5. The lowest BCUT2D eigenvalue weighted by Crippen LogP contribution is -2.39. The molecule has 1 unspecified atom stereocenters. The number of benzene rings is 3. The van der Waals surface area contributed by atoms with Gasteiger partial charge in [0.1, 0.15) is 11.2 Å². The normalized spacial score (nSPS) is 13.1. The molecule has 0 aliphatic rings. The molecule has 0 bridgehead atoms. The average Bonchev–Trinajstić information content (AvgIpc) is 3.20. The van der Waals surface area contributed by atoms with E-state index in [1.807, 2.05) is 85.1 Å². The van der Waals surface area contributed by atoms with E-state index in [9.17, 15) is 4.79 Å². The van der Waals surface area contributed by atoms with Gasteiger partial charge in [0.2, 0.25) is 0 Å². The van der Waals surface area contributed by atoms with Gasteiger partial charge < -0.3 is 14.5 Å². The molecular formula is C24H21NO3. The highest BCUT2D eigenvalue weighted by molar-refractivity contribution is 5.98. The number of esters is 1. The van der Waals surface area contributed by atoms with Crippen LogP contribution in [-0.2, 0) is 14.9 Å². The molecule has 0 fully saturated rings. The maximum absolute atomic E-state index is 13.5. The second-order valence-corrected chi connectivity index (χ2v) is 6.58. The number of aromatic amines is 1. The third-order valence-electron chi connectivity index (χ3n) is 5.21. The van der Waals surface area contributed by atoms with E-state index in [4.69, 9.17) is 9.47 Å². The van der Waals surface area contributed by atoms with Crippen LogP contribution >= 0.6 is 0 Å². The Kier molecular flexibility index (Phi) is 4.62. The molecule has 4 heteroatoms. The van der Waals surface area contributed by atoms with E-state index in [1.54, 1.807) is 7.11 Å². The lowest BCUT2D eigenvalue weighted by Gasteiger charge is -2.32. The Morgan fingerprint density at radius 1 is 0.821 bits per heavy atom. The maximum Gasteiger partial charge on any atom is 0.325 e. The Bertz CT molecular complexity index is 1100. The van der Waals surface area contributed by atoms with Crippen LogP contribution in [0, 0.1) is 0 Å². The van der Waals surface area contributed by atoms with Crippen molar-refractivity contribution >= 4 is 16.9 Å².